The molecular weight excluding hydrogens is 436 g/mol. The minimum absolute atomic E-state index is 0.0757. The molecule has 1 aliphatic carbocycles. The molecule has 9 nitrogen and oxygen atoms in total. The van der Waals surface area contributed by atoms with Crippen LogP contribution in [-0.2, 0) is 14.4 Å². The zero-order chi connectivity index (χ0) is 23.7. The van der Waals surface area contributed by atoms with Crippen LogP contribution in [0.5, 0.6) is 5.75 Å². The summed E-state index contributed by atoms with van der Waals surface area (Å²) in [6.45, 7) is 1.82. The summed E-state index contributed by atoms with van der Waals surface area (Å²) >= 11 is 0. The van der Waals surface area contributed by atoms with Crippen molar-refractivity contribution < 1.29 is 23.9 Å². The van der Waals surface area contributed by atoms with E-state index in [2.05, 4.69) is 5.32 Å². The van der Waals surface area contributed by atoms with Gasteiger partial charge in [0, 0.05) is 26.1 Å². The molecule has 0 unspecified atom stereocenters. The first kappa shape index (κ1) is 22.7. The fraction of sp³-hybridized carbons (Fsp3) is 0.600. The zero-order valence-corrected chi connectivity index (χ0v) is 19.5. The first-order valence-electron chi connectivity index (χ1n) is 12.5. The fourth-order valence-corrected chi connectivity index (χ4v) is 5.64. The highest BCUT2D eigenvalue weighted by atomic mass is 16.5. The van der Waals surface area contributed by atoms with Crippen LogP contribution < -0.4 is 15.0 Å². The summed E-state index contributed by atoms with van der Waals surface area (Å²) in [5, 5.41) is 2.88. The van der Waals surface area contributed by atoms with Gasteiger partial charge in [-0.1, -0.05) is 25.0 Å². The minimum Gasteiger partial charge on any atom is -0.476 e. The van der Waals surface area contributed by atoms with Crippen LogP contribution in [0.1, 0.15) is 57.8 Å². The third kappa shape index (κ3) is 4.12. The highest BCUT2D eigenvalue weighted by molar-refractivity contribution is 6.07. The molecule has 182 valence electrons. The largest absolute Gasteiger partial charge is 0.476 e. The molecule has 0 radical (unpaired) electrons. The number of hydrogen-bond acceptors (Lipinski definition) is 5. The highest BCUT2D eigenvalue weighted by Crippen LogP contribution is 2.36. The lowest BCUT2D eigenvalue weighted by Crippen LogP contribution is -2.52. The molecule has 3 heterocycles. The Kier molecular flexibility index (Phi) is 6.18. The molecule has 1 spiro atoms. The molecule has 34 heavy (non-hydrogen) atoms. The van der Waals surface area contributed by atoms with Crippen LogP contribution in [0.25, 0.3) is 0 Å². The van der Waals surface area contributed by atoms with Crippen molar-refractivity contribution >= 4 is 29.4 Å². The molecule has 2 saturated heterocycles. The summed E-state index contributed by atoms with van der Waals surface area (Å²) in [4.78, 5) is 56.3. The van der Waals surface area contributed by atoms with Crippen molar-refractivity contribution in [2.45, 2.75) is 69.4 Å². The Morgan fingerprint density at radius 3 is 2.53 bits per heavy atom. The molecule has 1 atom stereocenters. The molecule has 0 bridgehead atoms. The number of benzene rings is 1. The Bertz CT molecular complexity index is 983. The van der Waals surface area contributed by atoms with Gasteiger partial charge in [-0.2, -0.15) is 0 Å². The molecule has 9 heteroatoms. The van der Waals surface area contributed by atoms with Crippen molar-refractivity contribution in [3.63, 3.8) is 0 Å². The number of hydrogen-bond donors (Lipinski definition) is 1. The molecule has 1 aromatic carbocycles. The average Bonchev–Trinajstić information content (AvgIpc) is 3.43. The number of likely N-dealkylation sites (tertiary alicyclic amines) is 1. The van der Waals surface area contributed by atoms with Crippen molar-refractivity contribution in [1.82, 2.24) is 15.1 Å². The van der Waals surface area contributed by atoms with Crippen LogP contribution in [0.3, 0.4) is 0 Å². The van der Waals surface area contributed by atoms with Gasteiger partial charge in [-0.25, -0.2) is 4.79 Å². The van der Waals surface area contributed by atoms with E-state index in [0.29, 0.717) is 30.7 Å². The maximum absolute atomic E-state index is 13.2. The lowest BCUT2D eigenvalue weighted by atomic mass is 9.98. The predicted molar refractivity (Wildman–Crippen MR) is 124 cm³/mol. The van der Waals surface area contributed by atoms with Crippen molar-refractivity contribution in [1.29, 1.82) is 0 Å². The number of rotatable bonds is 5. The first-order chi connectivity index (χ1) is 16.5. The Morgan fingerprint density at radius 1 is 1.03 bits per heavy atom. The predicted octanol–water partition coefficient (Wildman–Crippen LogP) is 2.44. The third-order valence-electron chi connectivity index (χ3n) is 7.49. The summed E-state index contributed by atoms with van der Waals surface area (Å²) in [7, 11) is 0. The number of urea groups is 1. The number of anilines is 1. The van der Waals surface area contributed by atoms with E-state index in [1.807, 2.05) is 23.1 Å². The van der Waals surface area contributed by atoms with E-state index < -0.39 is 11.6 Å². The number of ether oxygens (including phenoxy) is 1. The van der Waals surface area contributed by atoms with E-state index >= 15 is 0 Å². The molecule has 0 aromatic heterocycles. The van der Waals surface area contributed by atoms with Crippen LogP contribution in [0.4, 0.5) is 10.5 Å². The number of fused-ring (bicyclic) bond motifs is 1. The van der Waals surface area contributed by atoms with Gasteiger partial charge in [-0.3, -0.25) is 19.3 Å². The van der Waals surface area contributed by atoms with Gasteiger partial charge in [0.05, 0.1) is 12.2 Å². The second kappa shape index (κ2) is 9.27. The fourth-order valence-electron chi connectivity index (χ4n) is 5.64. The van der Waals surface area contributed by atoms with E-state index in [0.717, 1.165) is 45.2 Å². The molecule has 1 N–H and O–H groups in total. The van der Waals surface area contributed by atoms with Gasteiger partial charge in [-0.15, -0.1) is 0 Å². The van der Waals surface area contributed by atoms with Gasteiger partial charge in [0.1, 0.15) is 11.3 Å². The van der Waals surface area contributed by atoms with Gasteiger partial charge in [0.15, 0.2) is 6.10 Å². The Balaban J connectivity index is 1.23. The molecule has 5 rings (SSSR count). The van der Waals surface area contributed by atoms with Crippen molar-refractivity contribution in [3.8, 4) is 5.75 Å². The highest BCUT2D eigenvalue weighted by Gasteiger charge is 2.52. The van der Waals surface area contributed by atoms with Crippen molar-refractivity contribution in [2.24, 2.45) is 0 Å². The maximum atomic E-state index is 13.2. The van der Waals surface area contributed by atoms with E-state index in [9.17, 15) is 19.2 Å². The molecule has 4 aliphatic rings. The maximum Gasteiger partial charge on any atom is 0.325 e. The second-order valence-electron chi connectivity index (χ2n) is 9.74. The number of amides is 5. The molecule has 5 amide bonds. The number of nitrogens with zero attached hydrogens (tertiary/aromatic N) is 3. The summed E-state index contributed by atoms with van der Waals surface area (Å²) in [5.74, 6) is 0.143. The smallest absolute Gasteiger partial charge is 0.325 e. The minimum atomic E-state index is -0.731. The summed E-state index contributed by atoms with van der Waals surface area (Å²) in [5.41, 5.74) is -0.0816. The molecule has 1 aromatic rings. The Hall–Kier alpha value is -3.10. The summed E-state index contributed by atoms with van der Waals surface area (Å²) < 4.78 is 6.00. The number of carbonyl (C=O) groups excluding carboxylic acids is 4. The van der Waals surface area contributed by atoms with Gasteiger partial charge in [0.2, 0.25) is 5.91 Å². The van der Waals surface area contributed by atoms with Crippen LogP contribution >= 0.6 is 0 Å². The number of carbonyl (C=O) groups is 4. The van der Waals surface area contributed by atoms with Gasteiger partial charge in [0.25, 0.3) is 11.8 Å². The monoisotopic (exact) mass is 468 g/mol. The molecule has 1 saturated carbocycles. The number of piperidine rings is 1. The van der Waals surface area contributed by atoms with Crippen molar-refractivity contribution in [2.75, 3.05) is 31.1 Å². The molecular formula is C25H32N4O5. The zero-order valence-electron chi connectivity index (χ0n) is 19.5. The van der Waals surface area contributed by atoms with E-state index in [-0.39, 0.29) is 43.3 Å². The second-order valence-corrected chi connectivity index (χ2v) is 9.74. The average molecular weight is 469 g/mol. The lowest BCUT2D eigenvalue weighted by molar-refractivity contribution is -0.139. The van der Waals surface area contributed by atoms with Crippen LogP contribution in [-0.4, -0.2) is 71.4 Å². The van der Waals surface area contributed by atoms with Gasteiger partial charge >= 0.3 is 6.03 Å². The molecule has 3 aliphatic heterocycles. The summed E-state index contributed by atoms with van der Waals surface area (Å²) in [6, 6.07) is 6.90. The Labute approximate surface area is 199 Å². The van der Waals surface area contributed by atoms with Crippen molar-refractivity contribution in [3.05, 3.63) is 24.3 Å². The standard InChI is InChI=1S/C25H32N4O5/c30-21(11-8-16-28-23(32)25(26-24(28)33)12-4-5-13-25)29-17-20(22(31)27-14-6-1-7-15-27)34-19-10-3-2-9-18(19)29/h2-3,9-10,20H,1,4-8,11-17H2,(H,26,33)/t20-/m1/s1. The Morgan fingerprint density at radius 2 is 1.76 bits per heavy atom. The SMILES string of the molecule is O=C([C@H]1CN(C(=O)CCCN2C(=O)NC3(CCCC3)C2=O)c2ccccc2O1)N1CCCCC1. The lowest BCUT2D eigenvalue weighted by Gasteiger charge is -2.37. The van der Waals surface area contributed by atoms with E-state index in [4.69, 9.17) is 4.74 Å². The van der Waals surface area contributed by atoms with Gasteiger partial charge in [-0.05, 0) is 50.7 Å². The van der Waals surface area contributed by atoms with Crippen LogP contribution in [0.15, 0.2) is 24.3 Å². The summed E-state index contributed by atoms with van der Waals surface area (Å²) in [6.07, 6.45) is 6.16. The number of imide groups is 1. The number of para-hydroxylation sites is 2. The van der Waals surface area contributed by atoms with Crippen LogP contribution in [0.2, 0.25) is 0 Å². The van der Waals surface area contributed by atoms with E-state index in [1.165, 1.54) is 4.90 Å². The third-order valence-corrected chi connectivity index (χ3v) is 7.49. The number of nitrogens with one attached hydrogen (secondary N) is 1. The van der Waals surface area contributed by atoms with Gasteiger partial charge < -0.3 is 19.9 Å². The van der Waals surface area contributed by atoms with Crippen LogP contribution in [0, 0.1) is 0 Å². The normalized spacial score (nSPS) is 23.6. The first-order valence-corrected chi connectivity index (χ1v) is 12.5. The molecule has 3 fully saturated rings. The topological polar surface area (TPSA) is 99.3 Å². The van der Waals surface area contributed by atoms with E-state index in [1.54, 1.807) is 11.0 Å². The quantitative estimate of drug-likeness (QED) is 0.670.